The minimum Gasteiger partial charge on any atom is -0.465 e. The Morgan fingerprint density at radius 3 is 1.81 bits per heavy atom. The van der Waals surface area contributed by atoms with Crippen LogP contribution in [-0.2, 0) is 14.3 Å². The van der Waals surface area contributed by atoms with Crippen LogP contribution in [0.4, 0.5) is 0 Å². The lowest BCUT2D eigenvalue weighted by atomic mass is 10.1. The van der Waals surface area contributed by atoms with E-state index in [1.807, 2.05) is 0 Å². The van der Waals surface area contributed by atoms with Gasteiger partial charge in [-0.15, -0.1) is 0 Å². The van der Waals surface area contributed by atoms with Gasteiger partial charge in [-0.2, -0.15) is 0 Å². The van der Waals surface area contributed by atoms with Gasteiger partial charge in [-0.25, -0.2) is 0 Å². The maximum Gasteiger partial charge on any atom is 0.305 e. The number of ether oxygens (including phenoxy) is 1. The molecule has 0 aromatic carbocycles. The largest absolute Gasteiger partial charge is 0.465 e. The fourth-order valence-corrected chi connectivity index (χ4v) is 2.89. The second-order valence-corrected chi connectivity index (χ2v) is 7.59. The molecule has 0 bridgehead atoms. The molecule has 0 aliphatic rings. The molecule has 0 atom stereocenters. The van der Waals surface area contributed by atoms with Crippen LogP contribution in [0.2, 0.25) is 0 Å². The Hall–Kier alpha value is -1.32. The van der Waals surface area contributed by atoms with E-state index in [0.29, 0.717) is 6.42 Å². The molecule has 0 aliphatic carbocycles. The molecule has 0 fully saturated rings. The van der Waals surface area contributed by atoms with Crippen LogP contribution in [0.25, 0.3) is 0 Å². The zero-order valence-corrected chi connectivity index (χ0v) is 18.1. The second kappa shape index (κ2) is 19.4. The number of hydrogen-bond donors (Lipinski definition) is 0. The summed E-state index contributed by atoms with van der Waals surface area (Å²) in [5.74, 6) is -0.192. The van der Waals surface area contributed by atoms with Crippen molar-refractivity contribution in [1.82, 2.24) is 4.90 Å². The van der Waals surface area contributed by atoms with E-state index < -0.39 is 0 Å². The molecule has 0 aromatic rings. The number of hydrogen-bond acceptors (Lipinski definition) is 3. The van der Waals surface area contributed by atoms with E-state index in [-0.39, 0.29) is 24.9 Å². The van der Waals surface area contributed by atoms with E-state index in [0.717, 1.165) is 12.8 Å². The standard InChI is InChI=1S/C23H43NO3/c1-4-5-6-7-8-9-10-11-12-13-14-15-16-17-18-19-23(26)27-21-20-22(25)24(2)3/h11-12H,4-10,13-21H2,1-3H3/b12-11+. The Kier molecular flexibility index (Phi) is 18.5. The van der Waals surface area contributed by atoms with Crippen LogP contribution in [0, 0.1) is 0 Å². The maximum atomic E-state index is 11.6. The van der Waals surface area contributed by atoms with Crippen LogP contribution >= 0.6 is 0 Å². The first-order valence-corrected chi connectivity index (χ1v) is 11.1. The quantitative estimate of drug-likeness (QED) is 0.165. The molecule has 0 radical (unpaired) electrons. The lowest BCUT2D eigenvalue weighted by Gasteiger charge is -2.10. The average molecular weight is 382 g/mol. The fourth-order valence-electron chi connectivity index (χ4n) is 2.89. The van der Waals surface area contributed by atoms with Crippen molar-refractivity contribution < 1.29 is 14.3 Å². The first-order valence-electron chi connectivity index (χ1n) is 11.1. The number of allylic oxidation sites excluding steroid dienone is 2. The number of rotatable bonds is 18. The Morgan fingerprint density at radius 2 is 1.26 bits per heavy atom. The van der Waals surface area contributed by atoms with Gasteiger partial charge in [0.1, 0.15) is 6.61 Å². The molecule has 0 rings (SSSR count). The average Bonchev–Trinajstić information content (AvgIpc) is 2.64. The number of nitrogens with zero attached hydrogens (tertiary/aromatic N) is 1. The molecule has 0 spiro atoms. The van der Waals surface area contributed by atoms with Gasteiger partial charge in [0.15, 0.2) is 0 Å². The maximum absolute atomic E-state index is 11.6. The normalized spacial score (nSPS) is 11.1. The Balaban J connectivity index is 3.29. The number of carbonyl (C=O) groups is 2. The zero-order valence-electron chi connectivity index (χ0n) is 18.1. The lowest BCUT2D eigenvalue weighted by Crippen LogP contribution is -2.23. The third-order valence-electron chi connectivity index (χ3n) is 4.72. The first-order chi connectivity index (χ1) is 13.1. The van der Waals surface area contributed by atoms with E-state index in [9.17, 15) is 9.59 Å². The Morgan fingerprint density at radius 1 is 0.741 bits per heavy atom. The predicted molar refractivity (Wildman–Crippen MR) is 114 cm³/mol. The van der Waals surface area contributed by atoms with Gasteiger partial charge in [0.25, 0.3) is 0 Å². The van der Waals surface area contributed by atoms with Crippen LogP contribution < -0.4 is 0 Å². The van der Waals surface area contributed by atoms with Crippen LogP contribution in [0.5, 0.6) is 0 Å². The first kappa shape index (κ1) is 25.7. The molecule has 0 aromatic heterocycles. The molecule has 158 valence electrons. The van der Waals surface area contributed by atoms with Crippen LogP contribution in [0.1, 0.15) is 103 Å². The molecule has 0 heterocycles. The fraction of sp³-hybridized carbons (Fsp3) is 0.826. The van der Waals surface area contributed by atoms with Gasteiger partial charge in [-0.1, -0.05) is 70.4 Å². The van der Waals surface area contributed by atoms with E-state index in [2.05, 4.69) is 19.1 Å². The molecule has 0 unspecified atom stereocenters. The summed E-state index contributed by atoms with van der Waals surface area (Å²) in [6, 6.07) is 0. The van der Waals surface area contributed by atoms with Crippen molar-refractivity contribution in [2.24, 2.45) is 0 Å². The van der Waals surface area contributed by atoms with E-state index in [1.54, 1.807) is 14.1 Å². The van der Waals surface area contributed by atoms with Crippen molar-refractivity contribution in [3.63, 3.8) is 0 Å². The van der Waals surface area contributed by atoms with Crippen molar-refractivity contribution >= 4 is 11.9 Å². The smallest absolute Gasteiger partial charge is 0.305 e. The highest BCUT2D eigenvalue weighted by Gasteiger charge is 2.06. The number of esters is 1. The molecule has 0 saturated heterocycles. The lowest BCUT2D eigenvalue weighted by molar-refractivity contribution is -0.145. The monoisotopic (exact) mass is 381 g/mol. The molecular formula is C23H43NO3. The van der Waals surface area contributed by atoms with Crippen molar-refractivity contribution in [3.05, 3.63) is 12.2 Å². The van der Waals surface area contributed by atoms with Gasteiger partial charge < -0.3 is 9.64 Å². The third-order valence-corrected chi connectivity index (χ3v) is 4.72. The van der Waals surface area contributed by atoms with E-state index in [4.69, 9.17) is 4.74 Å². The van der Waals surface area contributed by atoms with E-state index >= 15 is 0 Å². The highest BCUT2D eigenvalue weighted by molar-refractivity contribution is 5.76. The molecule has 0 saturated carbocycles. The Labute approximate surface area is 167 Å². The highest BCUT2D eigenvalue weighted by atomic mass is 16.5. The minimum absolute atomic E-state index is 0.0103. The highest BCUT2D eigenvalue weighted by Crippen LogP contribution is 2.10. The van der Waals surface area contributed by atoms with Gasteiger partial charge in [0.05, 0.1) is 6.42 Å². The number of amides is 1. The van der Waals surface area contributed by atoms with Crippen molar-refractivity contribution in [2.75, 3.05) is 20.7 Å². The van der Waals surface area contributed by atoms with E-state index in [1.165, 1.54) is 75.5 Å². The molecule has 27 heavy (non-hydrogen) atoms. The zero-order chi connectivity index (χ0) is 20.2. The second-order valence-electron chi connectivity index (χ2n) is 7.59. The summed E-state index contributed by atoms with van der Waals surface area (Å²) in [6.07, 6.45) is 21.6. The summed E-state index contributed by atoms with van der Waals surface area (Å²) in [6.45, 7) is 2.45. The van der Waals surface area contributed by atoms with Gasteiger partial charge in [-0.3, -0.25) is 9.59 Å². The van der Waals surface area contributed by atoms with Gasteiger partial charge in [-0.05, 0) is 32.1 Å². The number of carbonyl (C=O) groups excluding carboxylic acids is 2. The van der Waals surface area contributed by atoms with Crippen LogP contribution in [-0.4, -0.2) is 37.5 Å². The molecule has 0 N–H and O–H groups in total. The molecule has 4 nitrogen and oxygen atoms in total. The van der Waals surface area contributed by atoms with Gasteiger partial charge in [0.2, 0.25) is 5.91 Å². The van der Waals surface area contributed by atoms with Crippen LogP contribution in [0.15, 0.2) is 12.2 Å². The minimum atomic E-state index is -0.181. The van der Waals surface area contributed by atoms with Crippen LogP contribution in [0.3, 0.4) is 0 Å². The SMILES string of the molecule is CCCCCCCC/C=C/CCCCCCCC(=O)OCCC(=O)N(C)C. The topological polar surface area (TPSA) is 46.6 Å². The molecular weight excluding hydrogens is 338 g/mol. The summed E-state index contributed by atoms with van der Waals surface area (Å²) in [4.78, 5) is 24.4. The summed E-state index contributed by atoms with van der Waals surface area (Å²) in [7, 11) is 3.41. The van der Waals surface area contributed by atoms with Crippen molar-refractivity contribution in [2.45, 2.75) is 103 Å². The molecule has 0 aliphatic heterocycles. The summed E-state index contributed by atoms with van der Waals surface area (Å²) < 4.78 is 5.09. The van der Waals surface area contributed by atoms with Crippen molar-refractivity contribution in [3.8, 4) is 0 Å². The van der Waals surface area contributed by atoms with Gasteiger partial charge >= 0.3 is 5.97 Å². The molecule has 1 amide bonds. The summed E-state index contributed by atoms with van der Waals surface area (Å²) >= 11 is 0. The predicted octanol–water partition coefficient (Wildman–Crippen LogP) is 6.05. The van der Waals surface area contributed by atoms with Gasteiger partial charge in [0, 0.05) is 20.5 Å². The molecule has 4 heteroatoms. The van der Waals surface area contributed by atoms with Crippen molar-refractivity contribution in [1.29, 1.82) is 0 Å². The summed E-state index contributed by atoms with van der Waals surface area (Å²) in [5, 5.41) is 0. The Bertz CT molecular complexity index is 391. The number of unbranched alkanes of at least 4 members (excludes halogenated alkanes) is 11. The summed E-state index contributed by atoms with van der Waals surface area (Å²) in [5.41, 5.74) is 0. The third kappa shape index (κ3) is 19.3.